The standard InChI is InChI=1S/C22H14FNO/c23-21-9-5-4-8-20(21)22(25)19(15-24)14-16-10-12-18(13-11-16)17-6-2-1-3-7-17/h1-14H/b19-14+. The van der Waals surface area contributed by atoms with Crippen molar-refractivity contribution < 1.29 is 9.18 Å². The molecule has 0 atom stereocenters. The summed E-state index contributed by atoms with van der Waals surface area (Å²) in [7, 11) is 0. The largest absolute Gasteiger partial charge is 0.288 e. The Morgan fingerprint density at radius 1 is 0.840 bits per heavy atom. The fourth-order valence-electron chi connectivity index (χ4n) is 2.51. The number of halogens is 1. The molecule has 3 aromatic rings. The number of hydrogen-bond donors (Lipinski definition) is 0. The van der Waals surface area contributed by atoms with Crippen molar-refractivity contribution in [1.82, 2.24) is 0 Å². The molecule has 0 aromatic heterocycles. The fraction of sp³-hybridized carbons (Fsp3) is 0. The SMILES string of the molecule is N#C/C(=C\c1ccc(-c2ccccc2)cc1)C(=O)c1ccccc1F. The van der Waals surface area contributed by atoms with Crippen LogP contribution in [0.3, 0.4) is 0 Å². The van der Waals surface area contributed by atoms with Crippen molar-refractivity contribution in [1.29, 1.82) is 5.26 Å². The van der Waals surface area contributed by atoms with Crippen LogP contribution in [0, 0.1) is 17.1 Å². The normalized spacial score (nSPS) is 11.0. The van der Waals surface area contributed by atoms with Crippen molar-refractivity contribution in [2.24, 2.45) is 0 Å². The molecule has 0 radical (unpaired) electrons. The van der Waals surface area contributed by atoms with E-state index in [1.807, 2.05) is 60.7 Å². The lowest BCUT2D eigenvalue weighted by molar-refractivity contribution is 0.103. The van der Waals surface area contributed by atoms with Gasteiger partial charge in [0.2, 0.25) is 5.78 Å². The van der Waals surface area contributed by atoms with Crippen LogP contribution < -0.4 is 0 Å². The first-order chi connectivity index (χ1) is 12.2. The van der Waals surface area contributed by atoms with Gasteiger partial charge >= 0.3 is 0 Å². The summed E-state index contributed by atoms with van der Waals surface area (Å²) < 4.78 is 13.8. The number of hydrogen-bond acceptors (Lipinski definition) is 2. The van der Waals surface area contributed by atoms with Gasteiger partial charge in [0.1, 0.15) is 17.5 Å². The lowest BCUT2D eigenvalue weighted by Crippen LogP contribution is -2.04. The summed E-state index contributed by atoms with van der Waals surface area (Å²) in [4.78, 5) is 12.4. The molecule has 0 fully saturated rings. The van der Waals surface area contributed by atoms with E-state index >= 15 is 0 Å². The summed E-state index contributed by atoms with van der Waals surface area (Å²) in [5.74, 6) is -1.25. The van der Waals surface area contributed by atoms with Crippen LogP contribution in [0.5, 0.6) is 0 Å². The van der Waals surface area contributed by atoms with E-state index in [0.717, 1.165) is 11.1 Å². The lowest BCUT2D eigenvalue weighted by Gasteiger charge is -2.03. The minimum atomic E-state index is -0.631. The third-order valence-corrected chi connectivity index (χ3v) is 3.81. The third-order valence-electron chi connectivity index (χ3n) is 3.81. The Morgan fingerprint density at radius 3 is 2.08 bits per heavy atom. The van der Waals surface area contributed by atoms with E-state index in [0.29, 0.717) is 5.56 Å². The summed E-state index contributed by atoms with van der Waals surface area (Å²) in [5.41, 5.74) is 2.63. The van der Waals surface area contributed by atoms with Crippen molar-refractivity contribution >= 4 is 11.9 Å². The molecule has 0 unspecified atom stereocenters. The first kappa shape index (κ1) is 16.4. The Balaban J connectivity index is 1.89. The molecule has 0 amide bonds. The van der Waals surface area contributed by atoms with Crippen molar-refractivity contribution in [3.05, 3.63) is 101 Å². The lowest BCUT2D eigenvalue weighted by atomic mass is 10.00. The van der Waals surface area contributed by atoms with Gasteiger partial charge in [0, 0.05) is 0 Å². The molecular formula is C22H14FNO. The number of nitriles is 1. The van der Waals surface area contributed by atoms with Gasteiger partial charge in [-0.3, -0.25) is 4.79 Å². The summed E-state index contributed by atoms with van der Waals surface area (Å²) in [6, 6.07) is 24.9. The predicted octanol–water partition coefficient (Wildman–Crippen LogP) is 5.28. The third kappa shape index (κ3) is 3.70. The smallest absolute Gasteiger partial charge is 0.206 e. The summed E-state index contributed by atoms with van der Waals surface area (Å²) in [6.07, 6.45) is 1.48. The average Bonchev–Trinajstić information content (AvgIpc) is 2.67. The quantitative estimate of drug-likeness (QED) is 0.371. The number of carbonyl (C=O) groups excluding carboxylic acids is 1. The topological polar surface area (TPSA) is 40.9 Å². The van der Waals surface area contributed by atoms with Gasteiger partial charge in [0.05, 0.1) is 5.56 Å². The van der Waals surface area contributed by atoms with Crippen LogP contribution in [0.15, 0.2) is 84.4 Å². The van der Waals surface area contributed by atoms with Crippen LogP contribution in [0.25, 0.3) is 17.2 Å². The van der Waals surface area contributed by atoms with Crippen molar-refractivity contribution in [3.8, 4) is 17.2 Å². The molecule has 0 bridgehead atoms. The molecule has 3 rings (SSSR count). The second-order valence-corrected chi connectivity index (χ2v) is 5.47. The van der Waals surface area contributed by atoms with Gasteiger partial charge in [-0.15, -0.1) is 0 Å². The second kappa shape index (κ2) is 7.37. The maximum Gasteiger partial charge on any atom is 0.206 e. The molecule has 120 valence electrons. The van der Waals surface area contributed by atoms with E-state index in [1.54, 1.807) is 6.07 Å². The van der Waals surface area contributed by atoms with Gasteiger partial charge in [-0.2, -0.15) is 5.26 Å². The van der Waals surface area contributed by atoms with Gasteiger partial charge in [0.15, 0.2) is 0 Å². The monoisotopic (exact) mass is 327 g/mol. The molecule has 0 aliphatic rings. The van der Waals surface area contributed by atoms with Gasteiger partial charge < -0.3 is 0 Å². The highest BCUT2D eigenvalue weighted by Crippen LogP contribution is 2.21. The van der Waals surface area contributed by atoms with E-state index in [1.165, 1.54) is 24.3 Å². The molecule has 3 aromatic carbocycles. The number of ketones is 1. The van der Waals surface area contributed by atoms with Crippen LogP contribution in [-0.4, -0.2) is 5.78 Å². The minimum Gasteiger partial charge on any atom is -0.288 e. The fourth-order valence-corrected chi connectivity index (χ4v) is 2.51. The Morgan fingerprint density at radius 2 is 1.44 bits per heavy atom. The highest BCUT2D eigenvalue weighted by molar-refractivity contribution is 6.14. The molecule has 0 saturated heterocycles. The number of rotatable bonds is 4. The van der Waals surface area contributed by atoms with Crippen molar-refractivity contribution in [3.63, 3.8) is 0 Å². The minimum absolute atomic E-state index is 0.0995. The zero-order valence-electron chi connectivity index (χ0n) is 13.3. The molecule has 0 aliphatic heterocycles. The summed E-state index contributed by atoms with van der Waals surface area (Å²) in [6.45, 7) is 0. The summed E-state index contributed by atoms with van der Waals surface area (Å²) in [5, 5.41) is 9.28. The Bertz CT molecular complexity index is 967. The molecular weight excluding hydrogens is 313 g/mol. The Labute approximate surface area is 145 Å². The average molecular weight is 327 g/mol. The van der Waals surface area contributed by atoms with Gasteiger partial charge in [-0.25, -0.2) is 4.39 Å². The second-order valence-electron chi connectivity index (χ2n) is 5.47. The highest BCUT2D eigenvalue weighted by atomic mass is 19.1. The van der Waals surface area contributed by atoms with Gasteiger partial charge in [-0.05, 0) is 34.9 Å². The van der Waals surface area contributed by atoms with E-state index < -0.39 is 11.6 Å². The number of carbonyl (C=O) groups is 1. The predicted molar refractivity (Wildman–Crippen MR) is 96.2 cm³/mol. The first-order valence-electron chi connectivity index (χ1n) is 7.75. The van der Waals surface area contributed by atoms with Crippen molar-refractivity contribution in [2.75, 3.05) is 0 Å². The Kier molecular flexibility index (Phi) is 4.82. The number of Topliss-reactive ketones (excluding diaryl/α,β-unsaturated/α-hetero) is 1. The number of benzene rings is 3. The van der Waals surface area contributed by atoms with E-state index in [4.69, 9.17) is 0 Å². The molecule has 3 heteroatoms. The van der Waals surface area contributed by atoms with Gasteiger partial charge in [0.25, 0.3) is 0 Å². The highest BCUT2D eigenvalue weighted by Gasteiger charge is 2.15. The van der Waals surface area contributed by atoms with Crippen LogP contribution >= 0.6 is 0 Å². The maximum absolute atomic E-state index is 13.8. The number of allylic oxidation sites excluding steroid dienone is 1. The van der Waals surface area contributed by atoms with E-state index in [2.05, 4.69) is 0 Å². The van der Waals surface area contributed by atoms with E-state index in [9.17, 15) is 14.4 Å². The molecule has 0 spiro atoms. The molecule has 0 heterocycles. The number of nitrogens with zero attached hydrogens (tertiary/aromatic N) is 1. The molecule has 0 aliphatic carbocycles. The van der Waals surface area contributed by atoms with Crippen LogP contribution in [-0.2, 0) is 0 Å². The zero-order chi connectivity index (χ0) is 17.6. The first-order valence-corrected chi connectivity index (χ1v) is 7.75. The maximum atomic E-state index is 13.8. The summed E-state index contributed by atoms with van der Waals surface area (Å²) >= 11 is 0. The molecule has 2 nitrogen and oxygen atoms in total. The van der Waals surface area contributed by atoms with Gasteiger partial charge in [-0.1, -0.05) is 66.7 Å². The van der Waals surface area contributed by atoms with Crippen LogP contribution in [0.1, 0.15) is 15.9 Å². The Hall–Kier alpha value is -3.51. The van der Waals surface area contributed by atoms with Crippen LogP contribution in [0.2, 0.25) is 0 Å². The van der Waals surface area contributed by atoms with Crippen molar-refractivity contribution in [2.45, 2.75) is 0 Å². The molecule has 25 heavy (non-hydrogen) atoms. The molecule has 0 N–H and O–H groups in total. The zero-order valence-corrected chi connectivity index (χ0v) is 13.3. The molecule has 0 saturated carbocycles. The van der Waals surface area contributed by atoms with Crippen LogP contribution in [0.4, 0.5) is 4.39 Å². The van der Waals surface area contributed by atoms with E-state index in [-0.39, 0.29) is 11.1 Å².